The molecule has 0 aromatic carbocycles. The molecule has 5 heterocycles. The number of aromatic nitrogens is 6. The normalized spacial score (nSPS) is 17.3. The Hall–Kier alpha value is -4.55. The zero-order valence-electron chi connectivity index (χ0n) is 22.7. The summed E-state index contributed by atoms with van der Waals surface area (Å²) in [6, 6.07) is 13.4. The van der Waals surface area contributed by atoms with Crippen LogP contribution in [0.25, 0.3) is 11.5 Å². The Morgan fingerprint density at radius 3 is 2.48 bits per heavy atom. The van der Waals surface area contributed by atoms with E-state index in [1.54, 1.807) is 42.9 Å². The maximum absolute atomic E-state index is 12.5. The number of carbonyl (C=O) groups is 1. The molecule has 0 unspecified atom stereocenters. The molecule has 1 saturated heterocycles. The van der Waals surface area contributed by atoms with Crippen LogP contribution in [0.5, 0.6) is 0 Å². The summed E-state index contributed by atoms with van der Waals surface area (Å²) in [6.45, 7) is 9.13. The van der Waals surface area contributed by atoms with Gasteiger partial charge in [0.2, 0.25) is 5.95 Å². The van der Waals surface area contributed by atoms with Crippen molar-refractivity contribution in [3.05, 3.63) is 72.4 Å². The fourth-order valence-corrected chi connectivity index (χ4v) is 4.52. The van der Waals surface area contributed by atoms with E-state index >= 15 is 0 Å². The van der Waals surface area contributed by atoms with Gasteiger partial charge in [-0.1, -0.05) is 6.07 Å². The third kappa shape index (κ3) is 7.30. The zero-order valence-corrected chi connectivity index (χ0v) is 22.7. The standard InChI is InChI=1S/C28H32N10O2/c1-18-5-4-6-22(33-18)26-29-11-9-24(36-26)35-25-10-12-30-28(37-25)34-21-7-8-23(31-15-21)27(39)40-14-13-38-16-19(2)32-20(3)17-38/h4-12,15,19-20,32H,13-14,16-17H2,1-3H3,(H2,29,30,34,35,36,37)/t19-,20+. The van der Waals surface area contributed by atoms with Crippen molar-refractivity contribution in [3.8, 4) is 11.5 Å². The lowest BCUT2D eigenvalue weighted by molar-refractivity contribution is 0.0430. The van der Waals surface area contributed by atoms with Gasteiger partial charge in [-0.15, -0.1) is 0 Å². The van der Waals surface area contributed by atoms with Gasteiger partial charge >= 0.3 is 5.97 Å². The van der Waals surface area contributed by atoms with Crippen molar-refractivity contribution in [2.75, 3.05) is 36.9 Å². The van der Waals surface area contributed by atoms with Gasteiger partial charge in [-0.05, 0) is 57.2 Å². The average Bonchev–Trinajstić information content (AvgIpc) is 2.93. The van der Waals surface area contributed by atoms with Crippen LogP contribution in [0.1, 0.15) is 30.0 Å². The van der Waals surface area contributed by atoms with E-state index in [4.69, 9.17) is 4.74 Å². The van der Waals surface area contributed by atoms with Gasteiger partial charge in [0.25, 0.3) is 0 Å². The molecule has 1 aliphatic heterocycles. The highest BCUT2D eigenvalue weighted by Gasteiger charge is 2.21. The highest BCUT2D eigenvalue weighted by atomic mass is 16.5. The van der Waals surface area contributed by atoms with Crippen LogP contribution < -0.4 is 16.0 Å². The molecule has 4 aromatic rings. The summed E-state index contributed by atoms with van der Waals surface area (Å²) < 4.78 is 5.44. The van der Waals surface area contributed by atoms with Gasteiger partial charge in [-0.3, -0.25) is 4.90 Å². The minimum Gasteiger partial charge on any atom is -0.460 e. The monoisotopic (exact) mass is 540 g/mol. The van der Waals surface area contributed by atoms with Crippen LogP contribution in [-0.2, 0) is 4.74 Å². The van der Waals surface area contributed by atoms with Crippen LogP contribution in [0.4, 0.5) is 23.3 Å². The van der Waals surface area contributed by atoms with Crippen molar-refractivity contribution in [2.45, 2.75) is 32.9 Å². The predicted octanol–water partition coefficient (Wildman–Crippen LogP) is 3.36. The fraction of sp³-hybridized carbons (Fsp3) is 0.321. The number of pyridine rings is 2. The van der Waals surface area contributed by atoms with Crippen molar-refractivity contribution < 1.29 is 9.53 Å². The third-order valence-corrected chi connectivity index (χ3v) is 6.19. The lowest BCUT2D eigenvalue weighted by Gasteiger charge is -2.35. The predicted molar refractivity (Wildman–Crippen MR) is 152 cm³/mol. The van der Waals surface area contributed by atoms with E-state index in [0.717, 1.165) is 18.8 Å². The Morgan fingerprint density at radius 1 is 0.950 bits per heavy atom. The van der Waals surface area contributed by atoms with Crippen LogP contribution in [0.3, 0.4) is 0 Å². The molecule has 206 valence electrons. The van der Waals surface area contributed by atoms with Gasteiger partial charge in [0, 0.05) is 49.8 Å². The molecule has 5 rings (SSSR count). The Bertz CT molecular complexity index is 1440. The molecule has 0 spiro atoms. The smallest absolute Gasteiger partial charge is 0.356 e. The molecular formula is C28H32N10O2. The number of anilines is 4. The number of hydrogen-bond acceptors (Lipinski definition) is 12. The number of piperazine rings is 1. The summed E-state index contributed by atoms with van der Waals surface area (Å²) >= 11 is 0. The maximum atomic E-state index is 12.5. The number of aryl methyl sites for hydroxylation is 1. The van der Waals surface area contributed by atoms with E-state index in [0.29, 0.717) is 60.0 Å². The topological polar surface area (TPSA) is 143 Å². The van der Waals surface area contributed by atoms with E-state index in [1.807, 2.05) is 25.1 Å². The minimum absolute atomic E-state index is 0.242. The van der Waals surface area contributed by atoms with Crippen molar-refractivity contribution >= 4 is 29.2 Å². The summed E-state index contributed by atoms with van der Waals surface area (Å²) in [6.07, 6.45) is 4.84. The Kier molecular flexibility index (Phi) is 8.47. The molecule has 0 aliphatic carbocycles. The summed E-state index contributed by atoms with van der Waals surface area (Å²) in [7, 11) is 0. The Labute approximate surface area is 232 Å². The van der Waals surface area contributed by atoms with E-state index < -0.39 is 5.97 Å². The number of rotatable bonds is 9. The van der Waals surface area contributed by atoms with E-state index in [1.165, 1.54) is 0 Å². The summed E-state index contributed by atoms with van der Waals surface area (Å²) in [5.74, 6) is 1.54. The molecule has 4 aromatic heterocycles. The first kappa shape index (κ1) is 27.0. The average molecular weight is 541 g/mol. The minimum atomic E-state index is -0.449. The lowest BCUT2D eigenvalue weighted by Crippen LogP contribution is -2.54. The van der Waals surface area contributed by atoms with Crippen LogP contribution in [-0.4, -0.2) is 79.1 Å². The fourth-order valence-electron chi connectivity index (χ4n) is 4.52. The van der Waals surface area contributed by atoms with Gasteiger partial charge in [0.15, 0.2) is 5.82 Å². The number of carbonyl (C=O) groups excluding carboxylic acids is 1. The lowest BCUT2D eigenvalue weighted by atomic mass is 10.1. The largest absolute Gasteiger partial charge is 0.460 e. The first-order valence-corrected chi connectivity index (χ1v) is 13.2. The molecule has 0 radical (unpaired) electrons. The van der Waals surface area contributed by atoms with E-state index in [-0.39, 0.29) is 5.69 Å². The molecule has 12 heteroatoms. The Morgan fingerprint density at radius 2 is 1.73 bits per heavy atom. The number of hydrogen-bond donors (Lipinski definition) is 3. The molecule has 12 nitrogen and oxygen atoms in total. The van der Waals surface area contributed by atoms with Crippen molar-refractivity contribution in [2.24, 2.45) is 0 Å². The van der Waals surface area contributed by atoms with Crippen molar-refractivity contribution in [1.82, 2.24) is 40.1 Å². The molecule has 3 N–H and O–H groups in total. The summed E-state index contributed by atoms with van der Waals surface area (Å²) in [4.78, 5) is 41.1. The quantitative estimate of drug-likeness (QED) is 0.268. The zero-order chi connectivity index (χ0) is 27.9. The number of nitrogens with zero attached hydrogens (tertiary/aromatic N) is 7. The van der Waals surface area contributed by atoms with Crippen molar-refractivity contribution in [3.63, 3.8) is 0 Å². The van der Waals surface area contributed by atoms with Gasteiger partial charge in [0.05, 0.1) is 11.9 Å². The van der Waals surface area contributed by atoms with E-state index in [2.05, 4.69) is 64.6 Å². The van der Waals surface area contributed by atoms with Crippen LogP contribution >= 0.6 is 0 Å². The number of nitrogens with one attached hydrogen (secondary N) is 3. The third-order valence-electron chi connectivity index (χ3n) is 6.19. The SMILES string of the molecule is Cc1cccc(-c2nccc(Nc3ccnc(Nc4ccc(C(=O)OCCN5C[C@@H](C)N[C@@H](C)C5)nc4)n3)n2)n1. The highest BCUT2D eigenvalue weighted by molar-refractivity contribution is 5.87. The van der Waals surface area contributed by atoms with Crippen LogP contribution in [0.2, 0.25) is 0 Å². The molecule has 1 aliphatic rings. The van der Waals surface area contributed by atoms with Gasteiger partial charge in [-0.25, -0.2) is 29.7 Å². The molecule has 1 fully saturated rings. The summed E-state index contributed by atoms with van der Waals surface area (Å²) in [5.41, 5.74) is 2.46. The maximum Gasteiger partial charge on any atom is 0.356 e. The molecule has 0 bridgehead atoms. The van der Waals surface area contributed by atoms with E-state index in [9.17, 15) is 4.79 Å². The number of esters is 1. The van der Waals surface area contributed by atoms with Crippen LogP contribution in [0, 0.1) is 6.92 Å². The second-order valence-electron chi connectivity index (χ2n) is 9.74. The molecular weight excluding hydrogens is 508 g/mol. The molecule has 40 heavy (non-hydrogen) atoms. The first-order valence-electron chi connectivity index (χ1n) is 13.2. The second kappa shape index (κ2) is 12.5. The molecule has 0 saturated carbocycles. The second-order valence-corrected chi connectivity index (χ2v) is 9.74. The van der Waals surface area contributed by atoms with Crippen molar-refractivity contribution in [1.29, 1.82) is 0 Å². The Balaban J connectivity index is 1.15. The van der Waals surface area contributed by atoms with Gasteiger partial charge in [-0.2, -0.15) is 4.98 Å². The van der Waals surface area contributed by atoms with Gasteiger partial charge in [0.1, 0.15) is 29.6 Å². The molecule has 0 amide bonds. The molecule has 2 atom stereocenters. The highest BCUT2D eigenvalue weighted by Crippen LogP contribution is 2.19. The van der Waals surface area contributed by atoms with Gasteiger partial charge < -0.3 is 20.7 Å². The first-order chi connectivity index (χ1) is 19.4. The number of ether oxygens (including phenoxy) is 1. The van der Waals surface area contributed by atoms with Crippen LogP contribution in [0.15, 0.2) is 61.1 Å². The summed E-state index contributed by atoms with van der Waals surface area (Å²) in [5, 5.41) is 9.77.